The Balaban J connectivity index is 2.58. The largest absolute Gasteiger partial charge is 0.378 e. The molecule has 1 rings (SSSR count). The lowest BCUT2D eigenvalue weighted by Crippen LogP contribution is -2.24. The van der Waals surface area contributed by atoms with Gasteiger partial charge in [-0.05, 0) is 18.2 Å². The van der Waals surface area contributed by atoms with Gasteiger partial charge in [-0.3, -0.25) is 10.1 Å². The minimum atomic E-state index is -0.700. The number of nitrogens with one attached hydrogen (secondary N) is 1. The average molecular weight is 233 g/mol. The van der Waals surface area contributed by atoms with Crippen molar-refractivity contribution in [1.82, 2.24) is 0 Å². The van der Waals surface area contributed by atoms with Crippen LogP contribution in [-0.2, 0) is 0 Å². The predicted molar refractivity (Wildman–Crippen MR) is 56.4 cm³/mol. The maximum atomic E-state index is 12.8. The average Bonchev–Trinajstić information content (AvgIpc) is 2.19. The third kappa shape index (κ3) is 3.36. The lowest BCUT2D eigenvalue weighted by Gasteiger charge is -2.07. The highest BCUT2D eigenvalue weighted by Crippen LogP contribution is 2.19. The van der Waals surface area contributed by atoms with Crippen LogP contribution in [0.15, 0.2) is 18.2 Å². The molecule has 0 fully saturated rings. The van der Waals surface area contributed by atoms with Gasteiger partial charge in [0.1, 0.15) is 5.82 Å². The highest BCUT2D eigenvalue weighted by Gasteiger charge is 2.11. The third-order valence-electron chi connectivity index (χ3n) is 1.88. The molecule has 4 nitrogen and oxygen atoms in total. The number of halogens is 2. The van der Waals surface area contributed by atoms with E-state index in [1.807, 2.05) is 0 Å². The maximum Gasteiger partial charge on any atom is 0.227 e. The van der Waals surface area contributed by atoms with E-state index in [2.05, 4.69) is 5.32 Å². The summed E-state index contributed by atoms with van der Waals surface area (Å²) in [7, 11) is 0. The molecule has 0 aliphatic carbocycles. The monoisotopic (exact) mass is 232 g/mol. The van der Waals surface area contributed by atoms with Gasteiger partial charge in [-0.2, -0.15) is 0 Å². The van der Waals surface area contributed by atoms with Crippen LogP contribution in [0.2, 0.25) is 5.02 Å². The number of rotatable bonds is 4. The number of nitro groups is 1. The summed E-state index contributed by atoms with van der Waals surface area (Å²) < 4.78 is 12.8. The number of nitrogens with zero attached hydrogens (tertiary/aromatic N) is 1. The minimum absolute atomic E-state index is 0.00578. The fraction of sp³-hybridized carbons (Fsp3) is 0.333. The van der Waals surface area contributed by atoms with Crippen molar-refractivity contribution in [2.24, 2.45) is 0 Å². The molecule has 0 aliphatic heterocycles. The van der Waals surface area contributed by atoms with E-state index in [4.69, 9.17) is 11.6 Å². The molecule has 0 aromatic heterocycles. The maximum absolute atomic E-state index is 12.8. The van der Waals surface area contributed by atoms with E-state index >= 15 is 0 Å². The molecule has 1 aromatic carbocycles. The van der Waals surface area contributed by atoms with E-state index in [9.17, 15) is 14.5 Å². The summed E-state index contributed by atoms with van der Waals surface area (Å²) in [6.07, 6.45) is 0. The number of hydrogen-bond donors (Lipinski definition) is 1. The van der Waals surface area contributed by atoms with Crippen LogP contribution in [0, 0.1) is 15.9 Å². The zero-order valence-corrected chi connectivity index (χ0v) is 8.79. The van der Waals surface area contributed by atoms with Gasteiger partial charge in [0.2, 0.25) is 6.04 Å². The molecule has 1 atom stereocenters. The third-order valence-corrected chi connectivity index (χ3v) is 2.17. The Hall–Kier alpha value is -1.36. The number of hydrogen-bond acceptors (Lipinski definition) is 3. The first kappa shape index (κ1) is 11.7. The SMILES string of the molecule is CC(CNc1ccc(F)c(Cl)c1)[N+](=O)[O-]. The molecule has 0 radical (unpaired) electrons. The Kier molecular flexibility index (Phi) is 3.85. The second-order valence-electron chi connectivity index (χ2n) is 3.14. The van der Waals surface area contributed by atoms with Crippen LogP contribution in [0.1, 0.15) is 6.92 Å². The Morgan fingerprint density at radius 3 is 2.87 bits per heavy atom. The molecule has 0 heterocycles. The first-order valence-corrected chi connectivity index (χ1v) is 4.71. The van der Waals surface area contributed by atoms with Crippen LogP contribution in [0.3, 0.4) is 0 Å². The topological polar surface area (TPSA) is 55.2 Å². The molecule has 0 saturated heterocycles. The van der Waals surface area contributed by atoms with Crippen molar-refractivity contribution >= 4 is 17.3 Å². The lowest BCUT2D eigenvalue weighted by molar-refractivity contribution is -0.514. The van der Waals surface area contributed by atoms with Crippen molar-refractivity contribution in [3.8, 4) is 0 Å². The second-order valence-corrected chi connectivity index (χ2v) is 3.55. The Morgan fingerprint density at radius 2 is 2.33 bits per heavy atom. The molecular weight excluding hydrogens is 223 g/mol. The molecule has 1 aromatic rings. The van der Waals surface area contributed by atoms with E-state index in [1.54, 1.807) is 0 Å². The fourth-order valence-corrected chi connectivity index (χ4v) is 1.13. The summed E-state index contributed by atoms with van der Waals surface area (Å²) in [4.78, 5) is 9.93. The van der Waals surface area contributed by atoms with E-state index < -0.39 is 16.8 Å². The van der Waals surface area contributed by atoms with Gasteiger partial charge in [0.05, 0.1) is 11.6 Å². The zero-order valence-electron chi connectivity index (χ0n) is 8.04. The smallest absolute Gasteiger partial charge is 0.227 e. The van der Waals surface area contributed by atoms with Gasteiger partial charge >= 0.3 is 0 Å². The van der Waals surface area contributed by atoms with Crippen LogP contribution in [0.25, 0.3) is 0 Å². The van der Waals surface area contributed by atoms with Crippen LogP contribution in [0.5, 0.6) is 0 Å². The fourth-order valence-electron chi connectivity index (χ4n) is 0.946. The summed E-state index contributed by atoms with van der Waals surface area (Å²) in [6, 6.07) is 3.38. The molecule has 0 amide bonds. The quantitative estimate of drug-likeness (QED) is 0.641. The van der Waals surface area contributed by atoms with Crippen molar-refractivity contribution in [3.63, 3.8) is 0 Å². The number of benzene rings is 1. The molecule has 15 heavy (non-hydrogen) atoms. The molecule has 0 aliphatic rings. The summed E-state index contributed by atoms with van der Waals surface area (Å²) in [6.45, 7) is 1.66. The predicted octanol–water partition coefficient (Wildman–Crippen LogP) is 2.56. The molecule has 0 saturated carbocycles. The normalized spacial score (nSPS) is 12.2. The van der Waals surface area contributed by atoms with E-state index in [-0.39, 0.29) is 11.6 Å². The minimum Gasteiger partial charge on any atom is -0.378 e. The Morgan fingerprint density at radius 1 is 1.67 bits per heavy atom. The van der Waals surface area contributed by atoms with Crippen molar-refractivity contribution < 1.29 is 9.31 Å². The van der Waals surface area contributed by atoms with Crippen LogP contribution in [-0.4, -0.2) is 17.5 Å². The van der Waals surface area contributed by atoms with Crippen molar-refractivity contribution in [3.05, 3.63) is 39.2 Å². The van der Waals surface area contributed by atoms with Crippen LogP contribution >= 0.6 is 11.6 Å². The summed E-state index contributed by atoms with van der Waals surface area (Å²) in [5.74, 6) is -0.510. The molecule has 6 heteroatoms. The van der Waals surface area contributed by atoms with Gasteiger partial charge in [-0.25, -0.2) is 4.39 Å². The van der Waals surface area contributed by atoms with E-state index in [1.165, 1.54) is 25.1 Å². The highest BCUT2D eigenvalue weighted by molar-refractivity contribution is 6.31. The van der Waals surface area contributed by atoms with Gasteiger partial charge in [0, 0.05) is 17.5 Å². The van der Waals surface area contributed by atoms with Gasteiger partial charge in [0.25, 0.3) is 0 Å². The summed E-state index contributed by atoms with van der Waals surface area (Å²) in [5, 5.41) is 13.1. The molecule has 1 N–H and O–H groups in total. The molecule has 1 unspecified atom stereocenters. The van der Waals surface area contributed by atoms with Crippen LogP contribution < -0.4 is 5.32 Å². The molecule has 82 valence electrons. The first-order chi connectivity index (χ1) is 7.00. The molecule has 0 spiro atoms. The summed E-state index contributed by atoms with van der Waals surface area (Å²) >= 11 is 5.54. The summed E-state index contributed by atoms with van der Waals surface area (Å²) in [5.41, 5.74) is 0.565. The number of anilines is 1. The van der Waals surface area contributed by atoms with Crippen LogP contribution in [0.4, 0.5) is 10.1 Å². The van der Waals surface area contributed by atoms with Crippen molar-refractivity contribution in [2.75, 3.05) is 11.9 Å². The molecular formula is C9H10ClFN2O2. The standard InChI is InChI=1S/C9H10ClFN2O2/c1-6(13(14)15)5-12-7-2-3-9(11)8(10)4-7/h2-4,6,12H,5H2,1H3. The lowest BCUT2D eigenvalue weighted by atomic mass is 10.3. The zero-order chi connectivity index (χ0) is 11.4. The van der Waals surface area contributed by atoms with Crippen molar-refractivity contribution in [2.45, 2.75) is 13.0 Å². The van der Waals surface area contributed by atoms with E-state index in [0.717, 1.165) is 0 Å². The molecule has 0 bridgehead atoms. The Bertz CT molecular complexity index is 373. The van der Waals surface area contributed by atoms with Gasteiger partial charge in [-0.1, -0.05) is 11.6 Å². The van der Waals surface area contributed by atoms with Gasteiger partial charge in [0.15, 0.2) is 0 Å². The van der Waals surface area contributed by atoms with E-state index in [0.29, 0.717) is 5.69 Å². The second kappa shape index (κ2) is 4.93. The van der Waals surface area contributed by atoms with Gasteiger partial charge < -0.3 is 5.32 Å². The van der Waals surface area contributed by atoms with Gasteiger partial charge in [-0.15, -0.1) is 0 Å². The first-order valence-electron chi connectivity index (χ1n) is 4.33. The van der Waals surface area contributed by atoms with Crippen molar-refractivity contribution in [1.29, 1.82) is 0 Å². The Labute approximate surface area is 91.2 Å². The highest BCUT2D eigenvalue weighted by atomic mass is 35.5.